The fraction of sp³-hybridized carbons (Fsp3) is 0.500. The first-order valence-corrected chi connectivity index (χ1v) is 9.35. The quantitative estimate of drug-likeness (QED) is 0.450. The van der Waals surface area contributed by atoms with Crippen molar-refractivity contribution in [2.24, 2.45) is 0 Å². The first-order valence-electron chi connectivity index (χ1n) is 9.35. The molecule has 0 aliphatic rings. The Hall–Kier alpha value is -2.54. The molecule has 0 saturated carbocycles. The minimum Gasteiger partial charge on any atom is -0.493 e. The largest absolute Gasteiger partial charge is 0.493 e. The van der Waals surface area contributed by atoms with Gasteiger partial charge in [-0.25, -0.2) is 4.79 Å². The molecule has 0 saturated heterocycles. The number of carboxylic acids is 1. The third-order valence-electron chi connectivity index (χ3n) is 4.71. The lowest BCUT2D eigenvalue weighted by atomic mass is 10.0. The molecule has 0 bridgehead atoms. The van der Waals surface area contributed by atoms with Gasteiger partial charge >= 0.3 is 11.7 Å². The highest BCUT2D eigenvalue weighted by Crippen LogP contribution is 2.21. The van der Waals surface area contributed by atoms with E-state index in [0.717, 1.165) is 30.4 Å². The lowest BCUT2D eigenvalue weighted by molar-refractivity contribution is -0.137. The van der Waals surface area contributed by atoms with Gasteiger partial charge in [-0.15, -0.1) is 0 Å². The van der Waals surface area contributed by atoms with Crippen LogP contribution in [-0.4, -0.2) is 30.8 Å². The van der Waals surface area contributed by atoms with E-state index >= 15 is 0 Å². The Balaban J connectivity index is 1.90. The molecule has 1 heterocycles. The Morgan fingerprint density at radius 2 is 1.81 bits per heavy atom. The number of benzene rings is 1. The second-order valence-electron chi connectivity index (χ2n) is 6.90. The molecule has 0 aliphatic carbocycles. The van der Waals surface area contributed by atoms with Crippen molar-refractivity contribution in [1.82, 2.24) is 9.55 Å². The Kier molecular flexibility index (Phi) is 7.67. The second-order valence-corrected chi connectivity index (χ2v) is 6.90. The molecule has 4 N–H and O–H groups in total. The zero-order valence-electron chi connectivity index (χ0n) is 15.6. The summed E-state index contributed by atoms with van der Waals surface area (Å²) in [5.74, 6) is -0.922. The van der Waals surface area contributed by atoms with Crippen LogP contribution in [0.3, 0.4) is 0 Å². The molecular formula is C20H28N2O5. The first-order chi connectivity index (χ1) is 12.9. The number of unbranched alkanes of at least 4 members (excludes halogenated alkanes) is 3. The molecule has 2 aromatic rings. The molecule has 0 spiro atoms. The third kappa shape index (κ3) is 6.29. The van der Waals surface area contributed by atoms with Crippen LogP contribution in [0.5, 0.6) is 5.88 Å². The molecule has 0 radical (unpaired) electrons. The summed E-state index contributed by atoms with van der Waals surface area (Å²) in [6.07, 6.45) is 3.39. The van der Waals surface area contributed by atoms with E-state index in [0.29, 0.717) is 31.5 Å². The summed E-state index contributed by atoms with van der Waals surface area (Å²) in [6.45, 7) is 2.28. The fourth-order valence-corrected chi connectivity index (χ4v) is 3.11. The van der Waals surface area contributed by atoms with E-state index in [1.54, 1.807) is 0 Å². The highest BCUT2D eigenvalue weighted by atomic mass is 16.4. The number of rotatable bonds is 11. The van der Waals surface area contributed by atoms with E-state index < -0.39 is 12.1 Å². The number of carbonyl (C=O) groups is 1. The molecule has 2 rings (SSSR count). The van der Waals surface area contributed by atoms with E-state index in [4.69, 9.17) is 5.11 Å². The van der Waals surface area contributed by atoms with Crippen molar-refractivity contribution in [2.75, 3.05) is 0 Å². The van der Waals surface area contributed by atoms with Crippen molar-refractivity contribution in [1.29, 1.82) is 0 Å². The number of nitrogens with zero attached hydrogens (tertiary/aromatic N) is 1. The van der Waals surface area contributed by atoms with Gasteiger partial charge in [0.2, 0.25) is 5.88 Å². The van der Waals surface area contributed by atoms with Crippen LogP contribution in [-0.2, 0) is 17.8 Å². The van der Waals surface area contributed by atoms with E-state index in [1.807, 2.05) is 31.2 Å². The molecule has 7 heteroatoms. The molecule has 27 heavy (non-hydrogen) atoms. The number of aliphatic carboxylic acids is 1. The Morgan fingerprint density at radius 3 is 2.48 bits per heavy atom. The molecule has 148 valence electrons. The summed E-state index contributed by atoms with van der Waals surface area (Å²) in [6, 6.07) is 7.61. The van der Waals surface area contributed by atoms with Crippen LogP contribution < -0.4 is 5.69 Å². The van der Waals surface area contributed by atoms with Crippen LogP contribution in [0.25, 0.3) is 0 Å². The van der Waals surface area contributed by atoms with Gasteiger partial charge in [-0.1, -0.05) is 42.7 Å². The Bertz CT molecular complexity index is 792. The number of aromatic hydroxyl groups is 1. The van der Waals surface area contributed by atoms with E-state index in [9.17, 15) is 19.8 Å². The van der Waals surface area contributed by atoms with Gasteiger partial charge in [0, 0.05) is 13.0 Å². The average molecular weight is 376 g/mol. The molecule has 1 atom stereocenters. The maximum atomic E-state index is 12.1. The number of aliphatic hydroxyl groups excluding tert-OH is 1. The predicted molar refractivity (Wildman–Crippen MR) is 102 cm³/mol. The highest BCUT2D eigenvalue weighted by molar-refractivity contribution is 5.66. The topological polar surface area (TPSA) is 116 Å². The van der Waals surface area contributed by atoms with E-state index in [1.165, 1.54) is 4.57 Å². The van der Waals surface area contributed by atoms with Gasteiger partial charge in [0.25, 0.3) is 0 Å². The lowest BCUT2D eigenvalue weighted by Gasteiger charge is -2.13. The van der Waals surface area contributed by atoms with Crippen molar-refractivity contribution >= 4 is 5.97 Å². The van der Waals surface area contributed by atoms with Gasteiger partial charge in [0.15, 0.2) is 0 Å². The van der Waals surface area contributed by atoms with Crippen LogP contribution in [0.4, 0.5) is 0 Å². The third-order valence-corrected chi connectivity index (χ3v) is 4.71. The standard InChI is InChI=1S/C20H28N2O5/c1-14-8-10-15(11-9-14)17(23)12-13-22-16(19(26)21-20(22)27)6-4-2-3-5-7-18(24)25/h8-11,17,23,26H,2-7,12-13H2,1H3,(H,21,27)(H,24,25). The molecule has 1 aromatic heterocycles. The van der Waals surface area contributed by atoms with Crippen molar-refractivity contribution < 1.29 is 20.1 Å². The number of aryl methyl sites for hydroxylation is 1. The number of aliphatic hydroxyl groups is 1. The smallest absolute Gasteiger partial charge is 0.328 e. The molecule has 1 unspecified atom stereocenters. The SMILES string of the molecule is Cc1ccc(C(O)CCn2c(CCCCCCC(=O)O)c(O)[nH]c2=O)cc1. The second kappa shape index (κ2) is 9.97. The number of nitrogens with one attached hydrogen (secondary N) is 1. The van der Waals surface area contributed by atoms with Crippen LogP contribution >= 0.6 is 0 Å². The summed E-state index contributed by atoms with van der Waals surface area (Å²) in [7, 11) is 0. The summed E-state index contributed by atoms with van der Waals surface area (Å²) in [5, 5.41) is 29.0. The van der Waals surface area contributed by atoms with Crippen molar-refractivity contribution in [2.45, 2.75) is 64.5 Å². The monoisotopic (exact) mass is 376 g/mol. The first kappa shape index (κ1) is 20.8. The van der Waals surface area contributed by atoms with E-state index in [-0.39, 0.29) is 18.0 Å². The number of hydrogen-bond acceptors (Lipinski definition) is 4. The summed E-state index contributed by atoms with van der Waals surface area (Å²) in [4.78, 5) is 25.0. The maximum Gasteiger partial charge on any atom is 0.328 e. The van der Waals surface area contributed by atoms with Crippen LogP contribution in [0, 0.1) is 6.92 Å². The maximum absolute atomic E-state index is 12.1. The van der Waals surface area contributed by atoms with Gasteiger partial charge in [-0.05, 0) is 38.2 Å². The predicted octanol–water partition coefficient (Wildman–Crippen LogP) is 2.89. The zero-order valence-corrected chi connectivity index (χ0v) is 15.6. The van der Waals surface area contributed by atoms with Gasteiger partial charge in [0.05, 0.1) is 11.8 Å². The minimum absolute atomic E-state index is 0.129. The highest BCUT2D eigenvalue weighted by Gasteiger charge is 2.15. The summed E-state index contributed by atoms with van der Waals surface area (Å²) >= 11 is 0. The number of imidazole rings is 1. The summed E-state index contributed by atoms with van der Waals surface area (Å²) in [5.41, 5.74) is 2.07. The number of carboxylic acid groups (broad SMARTS) is 1. The number of aromatic nitrogens is 2. The molecule has 0 aliphatic heterocycles. The zero-order chi connectivity index (χ0) is 19.8. The average Bonchev–Trinajstić information content (AvgIpc) is 2.89. The molecule has 1 aromatic carbocycles. The van der Waals surface area contributed by atoms with Crippen molar-refractivity contribution in [3.8, 4) is 5.88 Å². The Morgan fingerprint density at radius 1 is 1.15 bits per heavy atom. The normalized spacial score (nSPS) is 12.2. The Labute approximate surface area is 158 Å². The molecule has 0 amide bonds. The van der Waals surface area contributed by atoms with Gasteiger partial charge in [0.1, 0.15) is 0 Å². The van der Waals surface area contributed by atoms with Gasteiger partial charge in [-0.3, -0.25) is 14.3 Å². The number of hydrogen-bond donors (Lipinski definition) is 4. The molecule has 7 nitrogen and oxygen atoms in total. The lowest BCUT2D eigenvalue weighted by Crippen LogP contribution is -2.20. The van der Waals surface area contributed by atoms with Gasteiger partial charge < -0.3 is 15.3 Å². The van der Waals surface area contributed by atoms with Crippen LogP contribution in [0.1, 0.15) is 61.4 Å². The van der Waals surface area contributed by atoms with E-state index in [2.05, 4.69) is 4.98 Å². The molecule has 0 fully saturated rings. The van der Waals surface area contributed by atoms with Crippen LogP contribution in [0.2, 0.25) is 0 Å². The minimum atomic E-state index is -0.792. The van der Waals surface area contributed by atoms with Gasteiger partial charge in [-0.2, -0.15) is 0 Å². The summed E-state index contributed by atoms with van der Waals surface area (Å²) < 4.78 is 1.48. The fourth-order valence-electron chi connectivity index (χ4n) is 3.11. The molecular weight excluding hydrogens is 348 g/mol. The van der Waals surface area contributed by atoms with Crippen molar-refractivity contribution in [3.63, 3.8) is 0 Å². The van der Waals surface area contributed by atoms with Crippen LogP contribution in [0.15, 0.2) is 29.1 Å². The number of H-pyrrole nitrogens is 1. The van der Waals surface area contributed by atoms with Crippen molar-refractivity contribution in [3.05, 3.63) is 51.6 Å². The number of aromatic amines is 1.